The van der Waals surface area contributed by atoms with Gasteiger partial charge in [0, 0.05) is 32.8 Å². The van der Waals surface area contributed by atoms with Gasteiger partial charge in [-0.25, -0.2) is 9.79 Å². The summed E-state index contributed by atoms with van der Waals surface area (Å²) in [6.45, 7) is 11.1. The van der Waals surface area contributed by atoms with Gasteiger partial charge in [0.2, 0.25) is 0 Å². The van der Waals surface area contributed by atoms with E-state index in [0.717, 1.165) is 24.3 Å². The minimum absolute atomic E-state index is 0.428. The van der Waals surface area contributed by atoms with Crippen molar-refractivity contribution in [3.8, 4) is 5.75 Å². The van der Waals surface area contributed by atoms with Gasteiger partial charge in [-0.2, -0.15) is 0 Å². The molecule has 0 saturated heterocycles. The van der Waals surface area contributed by atoms with Gasteiger partial charge in [0.15, 0.2) is 5.96 Å². The van der Waals surface area contributed by atoms with Crippen LogP contribution in [0.2, 0.25) is 0 Å². The van der Waals surface area contributed by atoms with Gasteiger partial charge in [-0.15, -0.1) is 0 Å². The number of hydrogen-bond donors (Lipinski definition) is 3. The van der Waals surface area contributed by atoms with E-state index >= 15 is 0 Å². The zero-order valence-corrected chi connectivity index (χ0v) is 18.3. The molecule has 1 aromatic rings. The summed E-state index contributed by atoms with van der Waals surface area (Å²) in [6.07, 6.45) is 0.452. The Morgan fingerprint density at radius 2 is 1.69 bits per heavy atom. The topological polar surface area (TPSA) is 93.2 Å². The minimum Gasteiger partial charge on any atom is -0.497 e. The van der Waals surface area contributed by atoms with Crippen LogP contribution in [0.25, 0.3) is 0 Å². The van der Waals surface area contributed by atoms with E-state index in [-0.39, 0.29) is 0 Å². The average Bonchev–Trinajstić information content (AvgIpc) is 2.67. The lowest BCUT2D eigenvalue weighted by molar-refractivity contribution is 0.0529. The van der Waals surface area contributed by atoms with Gasteiger partial charge in [-0.05, 0) is 51.8 Å². The third-order valence-electron chi connectivity index (χ3n) is 3.63. The minimum atomic E-state index is -0.509. The number of ether oxygens (including phenoxy) is 3. The number of methoxy groups -OCH3 is 1. The summed E-state index contributed by atoms with van der Waals surface area (Å²) >= 11 is 0. The predicted octanol–water partition coefficient (Wildman–Crippen LogP) is 2.68. The van der Waals surface area contributed by atoms with E-state index in [9.17, 15) is 4.79 Å². The van der Waals surface area contributed by atoms with Crippen molar-refractivity contribution < 1.29 is 19.0 Å². The van der Waals surface area contributed by atoms with Crippen LogP contribution in [0.15, 0.2) is 29.3 Å². The molecule has 1 amide bonds. The Labute approximate surface area is 174 Å². The van der Waals surface area contributed by atoms with Gasteiger partial charge in [-0.1, -0.05) is 12.1 Å². The Kier molecular flexibility index (Phi) is 11.6. The Morgan fingerprint density at radius 3 is 2.31 bits per heavy atom. The Bertz CT molecular complexity index is 612. The van der Waals surface area contributed by atoms with Crippen LogP contribution in [0.4, 0.5) is 4.79 Å². The largest absolute Gasteiger partial charge is 0.497 e. The van der Waals surface area contributed by atoms with E-state index in [1.165, 1.54) is 0 Å². The molecule has 0 saturated carbocycles. The second-order valence-corrected chi connectivity index (χ2v) is 7.35. The van der Waals surface area contributed by atoms with E-state index in [0.29, 0.717) is 38.8 Å². The summed E-state index contributed by atoms with van der Waals surface area (Å²) in [7, 11) is 1.65. The highest BCUT2D eigenvalue weighted by Crippen LogP contribution is 2.11. The molecule has 0 atom stereocenters. The normalized spacial score (nSPS) is 11.7. The molecule has 8 nitrogen and oxygen atoms in total. The van der Waals surface area contributed by atoms with Crippen molar-refractivity contribution in [2.45, 2.75) is 46.3 Å². The molecule has 0 aliphatic heterocycles. The second kappa shape index (κ2) is 13.7. The lowest BCUT2D eigenvalue weighted by Gasteiger charge is -2.20. The van der Waals surface area contributed by atoms with E-state index in [1.807, 2.05) is 52.0 Å². The summed E-state index contributed by atoms with van der Waals surface area (Å²) < 4.78 is 15.8. The number of rotatable bonds is 11. The highest BCUT2D eigenvalue weighted by atomic mass is 16.6. The van der Waals surface area contributed by atoms with Crippen molar-refractivity contribution in [2.75, 3.05) is 40.0 Å². The Hall–Kier alpha value is -2.48. The van der Waals surface area contributed by atoms with Gasteiger partial charge in [0.1, 0.15) is 11.4 Å². The third-order valence-corrected chi connectivity index (χ3v) is 3.63. The fraction of sp³-hybridized carbons (Fsp3) is 0.619. The fourth-order valence-corrected chi connectivity index (χ4v) is 2.26. The van der Waals surface area contributed by atoms with Gasteiger partial charge in [0.05, 0.1) is 13.7 Å². The summed E-state index contributed by atoms with van der Waals surface area (Å²) in [5.74, 6) is 1.50. The van der Waals surface area contributed by atoms with Crippen LogP contribution in [0, 0.1) is 0 Å². The number of carbonyl (C=O) groups is 1. The lowest BCUT2D eigenvalue weighted by Crippen LogP contribution is -2.43. The number of hydrogen-bond acceptors (Lipinski definition) is 5. The van der Waals surface area contributed by atoms with E-state index in [1.54, 1.807) is 7.11 Å². The van der Waals surface area contributed by atoms with Crippen LogP contribution >= 0.6 is 0 Å². The number of alkyl carbamates (subject to hydrolysis) is 1. The number of amides is 1. The van der Waals surface area contributed by atoms with E-state index < -0.39 is 11.7 Å². The standard InChI is InChI=1S/C21H36N4O4/c1-6-28-15-7-12-22-19(23-13-14-24-20(26)29-21(2,3)4)25-16-17-8-10-18(27-5)11-9-17/h8-11H,6-7,12-16H2,1-5H3,(H,24,26)(H2,22,23,25). The number of aliphatic imine (C=N–C) groups is 1. The zero-order valence-electron chi connectivity index (χ0n) is 18.3. The van der Waals surface area contributed by atoms with Crippen molar-refractivity contribution >= 4 is 12.1 Å². The number of nitrogens with zero attached hydrogens (tertiary/aromatic N) is 1. The van der Waals surface area contributed by atoms with E-state index in [2.05, 4.69) is 20.9 Å². The lowest BCUT2D eigenvalue weighted by atomic mass is 10.2. The van der Waals surface area contributed by atoms with Gasteiger partial charge in [0.25, 0.3) is 0 Å². The van der Waals surface area contributed by atoms with Gasteiger partial charge in [-0.3, -0.25) is 0 Å². The summed E-state index contributed by atoms with van der Waals surface area (Å²) in [6, 6.07) is 7.80. The number of guanidine groups is 1. The molecule has 164 valence electrons. The first-order valence-electron chi connectivity index (χ1n) is 10.0. The second-order valence-electron chi connectivity index (χ2n) is 7.35. The summed E-state index contributed by atoms with van der Waals surface area (Å²) in [5, 5.41) is 9.24. The zero-order chi connectivity index (χ0) is 21.5. The maximum absolute atomic E-state index is 11.7. The Balaban J connectivity index is 2.49. The van der Waals surface area contributed by atoms with Crippen molar-refractivity contribution in [3.05, 3.63) is 29.8 Å². The number of benzene rings is 1. The molecule has 0 heterocycles. The van der Waals surface area contributed by atoms with Crippen LogP contribution in [0.1, 0.15) is 39.7 Å². The van der Waals surface area contributed by atoms with Crippen molar-refractivity contribution in [2.24, 2.45) is 4.99 Å². The molecule has 0 bridgehead atoms. The molecule has 0 unspecified atom stereocenters. The van der Waals surface area contributed by atoms with Gasteiger partial charge >= 0.3 is 6.09 Å². The molecule has 0 fully saturated rings. The highest BCUT2D eigenvalue weighted by molar-refractivity contribution is 5.79. The van der Waals surface area contributed by atoms with Crippen LogP contribution in [-0.4, -0.2) is 57.6 Å². The van der Waals surface area contributed by atoms with E-state index in [4.69, 9.17) is 14.2 Å². The quantitative estimate of drug-likeness (QED) is 0.296. The molecule has 8 heteroatoms. The molecule has 0 aliphatic rings. The first-order valence-corrected chi connectivity index (χ1v) is 10.0. The monoisotopic (exact) mass is 408 g/mol. The molecule has 0 aromatic heterocycles. The number of carbonyl (C=O) groups excluding carboxylic acids is 1. The predicted molar refractivity (Wildman–Crippen MR) is 115 cm³/mol. The first-order chi connectivity index (χ1) is 13.8. The molecule has 1 aromatic carbocycles. The third kappa shape index (κ3) is 12.6. The molecule has 0 aliphatic carbocycles. The average molecular weight is 409 g/mol. The van der Waals surface area contributed by atoms with Gasteiger partial charge < -0.3 is 30.2 Å². The van der Waals surface area contributed by atoms with Crippen LogP contribution in [0.5, 0.6) is 5.75 Å². The highest BCUT2D eigenvalue weighted by Gasteiger charge is 2.15. The Morgan fingerprint density at radius 1 is 1.03 bits per heavy atom. The van der Waals surface area contributed by atoms with Crippen LogP contribution in [-0.2, 0) is 16.0 Å². The summed E-state index contributed by atoms with van der Waals surface area (Å²) in [4.78, 5) is 16.3. The molecule has 0 spiro atoms. The van der Waals surface area contributed by atoms with Crippen molar-refractivity contribution in [1.29, 1.82) is 0 Å². The molecule has 1 rings (SSSR count). The molecule has 0 radical (unpaired) electrons. The van der Waals surface area contributed by atoms with Crippen molar-refractivity contribution in [1.82, 2.24) is 16.0 Å². The molecular formula is C21H36N4O4. The number of nitrogens with one attached hydrogen (secondary N) is 3. The van der Waals surface area contributed by atoms with Crippen LogP contribution in [0.3, 0.4) is 0 Å². The van der Waals surface area contributed by atoms with Crippen molar-refractivity contribution in [3.63, 3.8) is 0 Å². The molecular weight excluding hydrogens is 372 g/mol. The maximum Gasteiger partial charge on any atom is 0.407 e. The molecule has 29 heavy (non-hydrogen) atoms. The fourth-order valence-electron chi connectivity index (χ4n) is 2.26. The SMILES string of the molecule is CCOCCCNC(=NCc1ccc(OC)cc1)NCCNC(=O)OC(C)(C)C. The maximum atomic E-state index is 11.7. The van der Waals surface area contributed by atoms with Crippen LogP contribution < -0.4 is 20.7 Å². The molecule has 3 N–H and O–H groups in total. The first kappa shape index (κ1) is 24.6. The summed E-state index contributed by atoms with van der Waals surface area (Å²) in [5.41, 5.74) is 0.568. The smallest absolute Gasteiger partial charge is 0.407 e.